The fourth-order valence-electron chi connectivity index (χ4n) is 1.74. The van der Waals surface area contributed by atoms with Gasteiger partial charge in [-0.3, -0.25) is 4.79 Å². The van der Waals surface area contributed by atoms with E-state index in [0.29, 0.717) is 11.3 Å². The second-order valence-electron chi connectivity index (χ2n) is 4.23. The van der Waals surface area contributed by atoms with E-state index in [1.807, 2.05) is 18.4 Å². The number of carbonyl (C=O) groups is 2. The van der Waals surface area contributed by atoms with Gasteiger partial charge in [0.15, 0.2) is 12.4 Å². The maximum atomic E-state index is 11.9. The largest absolute Gasteiger partial charge is 0.453 e. The van der Waals surface area contributed by atoms with E-state index >= 15 is 0 Å². The van der Waals surface area contributed by atoms with Crippen LogP contribution >= 0.6 is 11.8 Å². The van der Waals surface area contributed by atoms with E-state index in [2.05, 4.69) is 0 Å². The van der Waals surface area contributed by atoms with Crippen LogP contribution in [0, 0.1) is 0 Å². The van der Waals surface area contributed by atoms with Crippen molar-refractivity contribution < 1.29 is 14.3 Å². The minimum absolute atomic E-state index is 0.208. The van der Waals surface area contributed by atoms with E-state index in [1.54, 1.807) is 53.8 Å². The maximum Gasteiger partial charge on any atom is 0.355 e. The second-order valence-corrected chi connectivity index (χ2v) is 5.11. The summed E-state index contributed by atoms with van der Waals surface area (Å²) >= 11 is 1.61. The number of hydrogen-bond acceptors (Lipinski definition) is 4. The molecule has 0 spiro atoms. The Bertz CT molecular complexity index is 616. The van der Waals surface area contributed by atoms with Crippen molar-refractivity contribution in [3.63, 3.8) is 0 Å². The summed E-state index contributed by atoms with van der Waals surface area (Å²) in [5, 5.41) is 0. The summed E-state index contributed by atoms with van der Waals surface area (Å²) in [6.45, 7) is -0.247. The van der Waals surface area contributed by atoms with Gasteiger partial charge in [0.1, 0.15) is 5.69 Å². The lowest BCUT2D eigenvalue weighted by molar-refractivity contribution is 0.0465. The highest BCUT2D eigenvalue weighted by Gasteiger charge is 2.13. The van der Waals surface area contributed by atoms with Crippen LogP contribution in [0.5, 0.6) is 0 Å². The van der Waals surface area contributed by atoms with E-state index in [1.165, 1.54) is 0 Å². The van der Waals surface area contributed by atoms with Crippen molar-refractivity contribution >= 4 is 23.5 Å². The van der Waals surface area contributed by atoms with E-state index < -0.39 is 5.97 Å². The van der Waals surface area contributed by atoms with Crippen molar-refractivity contribution in [1.82, 2.24) is 4.57 Å². The molecule has 0 bridgehead atoms. The van der Waals surface area contributed by atoms with Crippen molar-refractivity contribution in [3.8, 4) is 0 Å². The van der Waals surface area contributed by atoms with Gasteiger partial charge in [0.05, 0.1) is 0 Å². The van der Waals surface area contributed by atoms with Gasteiger partial charge in [0, 0.05) is 23.7 Å². The molecule has 1 heterocycles. The van der Waals surface area contributed by atoms with Gasteiger partial charge in [-0.05, 0) is 30.5 Å². The number of benzene rings is 1. The zero-order chi connectivity index (χ0) is 14.5. The van der Waals surface area contributed by atoms with Gasteiger partial charge in [-0.25, -0.2) is 4.79 Å². The molecule has 104 valence electrons. The van der Waals surface area contributed by atoms with Crippen LogP contribution in [-0.2, 0) is 11.8 Å². The molecule has 0 saturated carbocycles. The summed E-state index contributed by atoms with van der Waals surface area (Å²) in [6.07, 6.45) is 3.72. The number of Topliss-reactive ketones (excluding diaryl/α,β-unsaturated/α-hetero) is 1. The van der Waals surface area contributed by atoms with Gasteiger partial charge in [-0.2, -0.15) is 0 Å². The van der Waals surface area contributed by atoms with E-state index in [-0.39, 0.29) is 12.4 Å². The van der Waals surface area contributed by atoms with Gasteiger partial charge < -0.3 is 9.30 Å². The molecule has 2 aromatic rings. The number of thioether (sulfide) groups is 1. The van der Waals surface area contributed by atoms with Gasteiger partial charge in [0.2, 0.25) is 0 Å². The summed E-state index contributed by atoms with van der Waals surface area (Å²) in [7, 11) is 1.75. The van der Waals surface area contributed by atoms with Crippen molar-refractivity contribution in [3.05, 3.63) is 53.9 Å². The quantitative estimate of drug-likeness (QED) is 0.482. The predicted octanol–water partition coefficient (Wildman–Crippen LogP) is 2.79. The number of ketones is 1. The number of ether oxygens (including phenoxy) is 1. The van der Waals surface area contributed by atoms with Crippen LogP contribution in [0.2, 0.25) is 0 Å². The van der Waals surface area contributed by atoms with Crippen molar-refractivity contribution in [2.45, 2.75) is 4.90 Å². The van der Waals surface area contributed by atoms with Crippen LogP contribution < -0.4 is 0 Å². The minimum Gasteiger partial charge on any atom is -0.453 e. The fourth-order valence-corrected chi connectivity index (χ4v) is 2.15. The Labute approximate surface area is 121 Å². The molecule has 0 aliphatic rings. The first-order valence-corrected chi connectivity index (χ1v) is 7.30. The molecule has 0 amide bonds. The molecule has 0 aliphatic heterocycles. The molecule has 4 nitrogen and oxygen atoms in total. The zero-order valence-electron chi connectivity index (χ0n) is 11.3. The molecule has 20 heavy (non-hydrogen) atoms. The molecule has 2 rings (SSSR count). The number of aryl methyl sites for hydroxylation is 1. The normalized spacial score (nSPS) is 10.3. The van der Waals surface area contributed by atoms with E-state index in [9.17, 15) is 9.59 Å². The number of rotatable bonds is 5. The van der Waals surface area contributed by atoms with Crippen molar-refractivity contribution in [2.75, 3.05) is 12.9 Å². The van der Waals surface area contributed by atoms with Crippen LogP contribution in [0.4, 0.5) is 0 Å². The molecule has 0 N–H and O–H groups in total. The lowest BCUT2D eigenvalue weighted by Gasteiger charge is -2.05. The summed E-state index contributed by atoms with van der Waals surface area (Å²) in [5.74, 6) is -0.702. The lowest BCUT2D eigenvalue weighted by atomic mass is 10.1. The fraction of sp³-hybridized carbons (Fsp3) is 0.200. The Hall–Kier alpha value is -2.01. The molecule has 0 aliphatic carbocycles. The Morgan fingerprint density at radius 1 is 1.20 bits per heavy atom. The van der Waals surface area contributed by atoms with Crippen molar-refractivity contribution in [2.24, 2.45) is 7.05 Å². The monoisotopic (exact) mass is 289 g/mol. The highest BCUT2D eigenvalue weighted by molar-refractivity contribution is 7.98. The number of aromatic nitrogens is 1. The summed E-state index contributed by atoms with van der Waals surface area (Å²) in [6, 6.07) is 10.6. The Morgan fingerprint density at radius 2 is 1.90 bits per heavy atom. The third-order valence-electron chi connectivity index (χ3n) is 2.90. The van der Waals surface area contributed by atoms with Crippen LogP contribution in [-0.4, -0.2) is 29.2 Å². The van der Waals surface area contributed by atoms with Gasteiger partial charge >= 0.3 is 5.97 Å². The second kappa shape index (κ2) is 6.43. The number of hydrogen-bond donors (Lipinski definition) is 0. The van der Waals surface area contributed by atoms with Gasteiger partial charge in [-0.1, -0.05) is 12.1 Å². The molecule has 0 atom stereocenters. The average molecular weight is 289 g/mol. The molecule has 1 aromatic heterocycles. The maximum absolute atomic E-state index is 11.9. The standard InChI is InChI=1S/C15H15NO3S/c1-16-9-3-4-13(16)15(18)19-10-14(17)11-5-7-12(20-2)8-6-11/h3-9H,10H2,1-2H3. The van der Waals surface area contributed by atoms with Crippen LogP contribution in [0.15, 0.2) is 47.5 Å². The molecule has 0 unspecified atom stereocenters. The highest BCUT2D eigenvalue weighted by atomic mass is 32.2. The number of nitrogens with zero attached hydrogens (tertiary/aromatic N) is 1. The summed E-state index contributed by atoms with van der Waals surface area (Å²) < 4.78 is 6.68. The molecular formula is C15H15NO3S. The van der Waals surface area contributed by atoms with E-state index in [0.717, 1.165) is 4.90 Å². The average Bonchev–Trinajstić information content (AvgIpc) is 2.90. The smallest absolute Gasteiger partial charge is 0.355 e. The van der Waals surface area contributed by atoms with Crippen LogP contribution in [0.3, 0.4) is 0 Å². The third-order valence-corrected chi connectivity index (χ3v) is 3.64. The first-order valence-electron chi connectivity index (χ1n) is 6.07. The Balaban J connectivity index is 1.95. The third kappa shape index (κ3) is 3.30. The van der Waals surface area contributed by atoms with Crippen molar-refractivity contribution in [1.29, 1.82) is 0 Å². The molecule has 0 fully saturated rings. The lowest BCUT2D eigenvalue weighted by Crippen LogP contribution is -2.16. The Kier molecular flexibility index (Phi) is 4.63. The van der Waals surface area contributed by atoms with Gasteiger partial charge in [0.25, 0.3) is 0 Å². The van der Waals surface area contributed by atoms with Crippen LogP contribution in [0.1, 0.15) is 20.8 Å². The van der Waals surface area contributed by atoms with Crippen LogP contribution in [0.25, 0.3) is 0 Å². The number of esters is 1. The summed E-state index contributed by atoms with van der Waals surface area (Å²) in [5.41, 5.74) is 0.970. The first kappa shape index (κ1) is 14.4. The zero-order valence-corrected chi connectivity index (χ0v) is 12.1. The highest BCUT2D eigenvalue weighted by Crippen LogP contribution is 2.15. The molecule has 0 radical (unpaired) electrons. The summed E-state index contributed by atoms with van der Waals surface area (Å²) in [4.78, 5) is 24.8. The molecule has 0 saturated heterocycles. The SMILES string of the molecule is CSc1ccc(C(=O)COC(=O)c2cccn2C)cc1. The Morgan fingerprint density at radius 3 is 2.45 bits per heavy atom. The van der Waals surface area contributed by atoms with E-state index in [4.69, 9.17) is 4.74 Å². The number of carbonyl (C=O) groups excluding carboxylic acids is 2. The van der Waals surface area contributed by atoms with Gasteiger partial charge in [-0.15, -0.1) is 11.8 Å². The first-order chi connectivity index (χ1) is 9.61. The minimum atomic E-state index is -0.494. The molecular weight excluding hydrogens is 274 g/mol. The molecule has 1 aromatic carbocycles. The topological polar surface area (TPSA) is 48.3 Å². The molecule has 5 heteroatoms. The predicted molar refractivity (Wildman–Crippen MR) is 78.2 cm³/mol.